The van der Waals surface area contributed by atoms with Crippen molar-refractivity contribution in [1.82, 2.24) is 4.98 Å². The van der Waals surface area contributed by atoms with E-state index in [4.69, 9.17) is 5.73 Å². The summed E-state index contributed by atoms with van der Waals surface area (Å²) in [6, 6.07) is 2.32. The first-order valence-electron chi connectivity index (χ1n) is 5.53. The van der Waals surface area contributed by atoms with Crippen LogP contribution in [0.1, 0.15) is 32.8 Å². The molecule has 0 radical (unpaired) electrons. The van der Waals surface area contributed by atoms with E-state index in [1.165, 1.54) is 0 Å². The van der Waals surface area contributed by atoms with Crippen LogP contribution >= 0.6 is 0 Å². The van der Waals surface area contributed by atoms with Gasteiger partial charge in [-0.2, -0.15) is 0 Å². The number of nitrogen functional groups attached to an aromatic ring is 1. The molecule has 0 spiro atoms. The topological polar surface area (TPSA) is 50.9 Å². The Bertz CT molecular complexity index is 323. The summed E-state index contributed by atoms with van der Waals surface area (Å²) in [4.78, 5) is 4.26. The summed E-state index contributed by atoms with van der Waals surface area (Å²) in [6.07, 6.45) is 2.94. The van der Waals surface area contributed by atoms with Gasteiger partial charge in [-0.25, -0.2) is 4.98 Å². The van der Waals surface area contributed by atoms with Gasteiger partial charge in [-0.05, 0) is 31.4 Å². The van der Waals surface area contributed by atoms with Crippen LogP contribution in [-0.4, -0.2) is 11.0 Å². The molecule has 15 heavy (non-hydrogen) atoms. The lowest BCUT2D eigenvalue weighted by Crippen LogP contribution is -2.24. The Labute approximate surface area is 92.1 Å². The third kappa shape index (κ3) is 2.85. The molecule has 0 aromatic carbocycles. The van der Waals surface area contributed by atoms with Gasteiger partial charge < -0.3 is 11.1 Å². The highest BCUT2D eigenvalue weighted by molar-refractivity contribution is 5.65. The molecule has 84 valence electrons. The largest absolute Gasteiger partial charge is 0.396 e. The van der Waals surface area contributed by atoms with Crippen LogP contribution in [0, 0.1) is 12.8 Å². The second-order valence-electron chi connectivity index (χ2n) is 4.21. The van der Waals surface area contributed by atoms with E-state index in [-0.39, 0.29) is 0 Å². The third-order valence-corrected chi connectivity index (χ3v) is 3.07. The van der Waals surface area contributed by atoms with Crippen LogP contribution in [0.5, 0.6) is 0 Å². The van der Waals surface area contributed by atoms with Gasteiger partial charge in [0.1, 0.15) is 5.82 Å². The first-order valence-corrected chi connectivity index (χ1v) is 5.53. The van der Waals surface area contributed by atoms with Gasteiger partial charge in [0.2, 0.25) is 0 Å². The number of hydrogen-bond donors (Lipinski definition) is 2. The Hall–Kier alpha value is -1.25. The lowest BCUT2D eigenvalue weighted by atomic mass is 10.0. The van der Waals surface area contributed by atoms with Crippen LogP contribution < -0.4 is 11.1 Å². The molecule has 3 nitrogen and oxygen atoms in total. The number of rotatable bonds is 4. The molecule has 3 N–H and O–H groups in total. The third-order valence-electron chi connectivity index (χ3n) is 3.07. The highest BCUT2D eigenvalue weighted by Crippen LogP contribution is 2.21. The number of aryl methyl sites for hydroxylation is 1. The van der Waals surface area contributed by atoms with Crippen LogP contribution in [0.15, 0.2) is 12.3 Å². The summed E-state index contributed by atoms with van der Waals surface area (Å²) in [5, 5.41) is 3.37. The molecule has 1 aromatic rings. The predicted molar refractivity (Wildman–Crippen MR) is 65.9 cm³/mol. The lowest BCUT2D eigenvalue weighted by Gasteiger charge is -2.21. The number of anilines is 2. The second kappa shape index (κ2) is 5.01. The minimum Gasteiger partial charge on any atom is -0.396 e. The van der Waals surface area contributed by atoms with Gasteiger partial charge in [0, 0.05) is 12.2 Å². The van der Waals surface area contributed by atoms with Crippen LogP contribution in [0.2, 0.25) is 0 Å². The molecule has 2 atom stereocenters. The SMILES string of the molecule is CCC(C)C(C)Nc1nccc(C)c1N. The van der Waals surface area contributed by atoms with E-state index in [0.29, 0.717) is 12.0 Å². The fourth-order valence-corrected chi connectivity index (χ4v) is 1.40. The molecule has 0 amide bonds. The molecule has 0 aliphatic rings. The highest BCUT2D eigenvalue weighted by Gasteiger charge is 2.12. The number of aromatic nitrogens is 1. The van der Waals surface area contributed by atoms with Crippen molar-refractivity contribution >= 4 is 11.5 Å². The van der Waals surface area contributed by atoms with E-state index >= 15 is 0 Å². The van der Waals surface area contributed by atoms with Gasteiger partial charge in [-0.1, -0.05) is 20.3 Å². The van der Waals surface area contributed by atoms with Gasteiger partial charge in [0.05, 0.1) is 5.69 Å². The lowest BCUT2D eigenvalue weighted by molar-refractivity contribution is 0.493. The van der Waals surface area contributed by atoms with Crippen LogP contribution in [0.3, 0.4) is 0 Å². The summed E-state index contributed by atoms with van der Waals surface area (Å²) >= 11 is 0. The standard InChI is InChI=1S/C12H21N3/c1-5-8(2)10(4)15-12-11(13)9(3)6-7-14-12/h6-8,10H,5,13H2,1-4H3,(H,14,15). The van der Waals surface area contributed by atoms with Crippen LogP contribution in [-0.2, 0) is 0 Å². The van der Waals surface area contributed by atoms with Crippen molar-refractivity contribution in [2.75, 3.05) is 11.1 Å². The van der Waals surface area contributed by atoms with Crippen molar-refractivity contribution in [2.45, 2.75) is 40.2 Å². The molecule has 0 aliphatic heterocycles. The molecule has 0 aliphatic carbocycles. The van der Waals surface area contributed by atoms with Crippen molar-refractivity contribution < 1.29 is 0 Å². The predicted octanol–water partition coefficient (Wildman–Crippen LogP) is 2.82. The average Bonchev–Trinajstić information content (AvgIpc) is 2.23. The van der Waals surface area contributed by atoms with Gasteiger partial charge in [-0.3, -0.25) is 0 Å². The van der Waals surface area contributed by atoms with Crippen LogP contribution in [0.4, 0.5) is 11.5 Å². The summed E-state index contributed by atoms with van der Waals surface area (Å²) in [5.41, 5.74) is 7.78. The summed E-state index contributed by atoms with van der Waals surface area (Å²) in [7, 11) is 0. The zero-order valence-corrected chi connectivity index (χ0v) is 10.0. The van der Waals surface area contributed by atoms with E-state index < -0.39 is 0 Å². The second-order valence-corrected chi connectivity index (χ2v) is 4.21. The Kier molecular flexibility index (Phi) is 3.95. The summed E-state index contributed by atoms with van der Waals surface area (Å²) in [5.74, 6) is 1.43. The minimum atomic E-state index is 0.395. The fourth-order valence-electron chi connectivity index (χ4n) is 1.40. The van der Waals surface area contributed by atoms with E-state index in [9.17, 15) is 0 Å². The minimum absolute atomic E-state index is 0.395. The Balaban J connectivity index is 2.76. The molecule has 0 saturated heterocycles. The Morgan fingerprint density at radius 2 is 2.13 bits per heavy atom. The zero-order valence-electron chi connectivity index (χ0n) is 10.0. The average molecular weight is 207 g/mol. The molecule has 1 rings (SSSR count). The van der Waals surface area contributed by atoms with Gasteiger partial charge >= 0.3 is 0 Å². The van der Waals surface area contributed by atoms with E-state index in [0.717, 1.165) is 23.5 Å². The first kappa shape index (κ1) is 11.8. The van der Waals surface area contributed by atoms with Crippen molar-refractivity contribution in [3.63, 3.8) is 0 Å². The van der Waals surface area contributed by atoms with E-state index in [1.54, 1.807) is 6.20 Å². The molecule has 1 heterocycles. The molecule has 0 saturated carbocycles. The van der Waals surface area contributed by atoms with Gasteiger partial charge in [0.25, 0.3) is 0 Å². The Morgan fingerprint density at radius 3 is 2.73 bits per heavy atom. The van der Waals surface area contributed by atoms with E-state index in [1.807, 2.05) is 13.0 Å². The van der Waals surface area contributed by atoms with Crippen LogP contribution in [0.25, 0.3) is 0 Å². The normalized spacial score (nSPS) is 14.7. The number of nitrogens with one attached hydrogen (secondary N) is 1. The van der Waals surface area contributed by atoms with Crippen molar-refractivity contribution in [1.29, 1.82) is 0 Å². The number of nitrogens with two attached hydrogens (primary N) is 1. The monoisotopic (exact) mass is 207 g/mol. The van der Waals surface area contributed by atoms with Gasteiger partial charge in [-0.15, -0.1) is 0 Å². The maximum Gasteiger partial charge on any atom is 0.149 e. The molecule has 3 heteroatoms. The first-order chi connectivity index (χ1) is 7.06. The Morgan fingerprint density at radius 1 is 1.47 bits per heavy atom. The van der Waals surface area contributed by atoms with Crippen molar-refractivity contribution in [3.05, 3.63) is 17.8 Å². The number of hydrogen-bond acceptors (Lipinski definition) is 3. The molecule has 2 unspecified atom stereocenters. The maximum absolute atomic E-state index is 5.95. The molecule has 0 fully saturated rings. The molecular weight excluding hydrogens is 186 g/mol. The number of nitrogens with zero attached hydrogens (tertiary/aromatic N) is 1. The molecule has 1 aromatic heterocycles. The number of pyridine rings is 1. The molecular formula is C12H21N3. The smallest absolute Gasteiger partial charge is 0.149 e. The zero-order chi connectivity index (χ0) is 11.4. The summed E-state index contributed by atoms with van der Waals surface area (Å²) < 4.78 is 0. The van der Waals surface area contributed by atoms with Crippen molar-refractivity contribution in [2.24, 2.45) is 5.92 Å². The van der Waals surface area contributed by atoms with Crippen molar-refractivity contribution in [3.8, 4) is 0 Å². The maximum atomic E-state index is 5.95. The van der Waals surface area contributed by atoms with Gasteiger partial charge in [0.15, 0.2) is 0 Å². The van der Waals surface area contributed by atoms with E-state index in [2.05, 4.69) is 31.1 Å². The highest BCUT2D eigenvalue weighted by atomic mass is 15.0. The quantitative estimate of drug-likeness (QED) is 0.798. The summed E-state index contributed by atoms with van der Waals surface area (Å²) in [6.45, 7) is 8.58. The fraction of sp³-hybridized carbons (Fsp3) is 0.583. The molecule has 0 bridgehead atoms.